The summed E-state index contributed by atoms with van der Waals surface area (Å²) in [6.07, 6.45) is 0. The Hall–Kier alpha value is -3.73. The number of non-ortho nitro benzene ring substituents is 1. The van der Waals surface area contributed by atoms with Gasteiger partial charge >= 0.3 is 0 Å². The van der Waals surface area contributed by atoms with E-state index in [0.717, 1.165) is 23.0 Å². The number of hydrazine groups is 1. The SMILES string of the molecule is CCn1c(SCC(=O)NNC(=O)c2cccc([N+](=O)[O-])c2)nnc1-c1ccccc1C. The topological polar surface area (TPSA) is 132 Å². The average molecular weight is 440 g/mol. The number of hydrogen-bond donors (Lipinski definition) is 2. The highest BCUT2D eigenvalue weighted by molar-refractivity contribution is 7.99. The number of carbonyl (C=O) groups excluding carboxylic acids is 2. The Morgan fingerprint density at radius 2 is 1.90 bits per heavy atom. The van der Waals surface area contributed by atoms with E-state index < -0.39 is 16.7 Å². The maximum Gasteiger partial charge on any atom is 0.270 e. The van der Waals surface area contributed by atoms with E-state index in [2.05, 4.69) is 21.0 Å². The number of carbonyl (C=O) groups is 2. The summed E-state index contributed by atoms with van der Waals surface area (Å²) in [6.45, 7) is 4.59. The van der Waals surface area contributed by atoms with E-state index in [-0.39, 0.29) is 17.0 Å². The molecule has 0 saturated carbocycles. The van der Waals surface area contributed by atoms with E-state index in [1.54, 1.807) is 0 Å². The van der Waals surface area contributed by atoms with Gasteiger partial charge in [0.05, 0.1) is 10.7 Å². The fourth-order valence-electron chi connectivity index (χ4n) is 2.83. The molecule has 0 unspecified atom stereocenters. The Kier molecular flexibility index (Phi) is 6.98. The van der Waals surface area contributed by atoms with Gasteiger partial charge in [-0.3, -0.25) is 30.6 Å². The summed E-state index contributed by atoms with van der Waals surface area (Å²) >= 11 is 1.19. The number of benzene rings is 2. The van der Waals surface area contributed by atoms with Gasteiger partial charge in [0.25, 0.3) is 11.6 Å². The number of aryl methyl sites for hydroxylation is 1. The second-order valence-corrected chi connectivity index (χ2v) is 7.41. The highest BCUT2D eigenvalue weighted by Crippen LogP contribution is 2.26. The molecule has 2 N–H and O–H groups in total. The van der Waals surface area contributed by atoms with Crippen molar-refractivity contribution in [1.82, 2.24) is 25.6 Å². The highest BCUT2D eigenvalue weighted by atomic mass is 32.2. The van der Waals surface area contributed by atoms with Gasteiger partial charge in [-0.2, -0.15) is 0 Å². The molecule has 2 aromatic carbocycles. The van der Waals surface area contributed by atoms with Crippen molar-refractivity contribution >= 4 is 29.3 Å². The van der Waals surface area contributed by atoms with Crippen molar-refractivity contribution in [3.05, 3.63) is 69.8 Å². The van der Waals surface area contributed by atoms with Crippen LogP contribution in [0, 0.1) is 17.0 Å². The van der Waals surface area contributed by atoms with Gasteiger partial charge in [0, 0.05) is 29.8 Å². The van der Waals surface area contributed by atoms with Crippen LogP contribution < -0.4 is 10.9 Å². The van der Waals surface area contributed by atoms with Crippen molar-refractivity contribution in [2.45, 2.75) is 25.5 Å². The molecule has 0 spiro atoms. The largest absolute Gasteiger partial charge is 0.302 e. The molecule has 0 fully saturated rings. The summed E-state index contributed by atoms with van der Waals surface area (Å²) in [5, 5.41) is 19.9. The Bertz CT molecular complexity index is 1130. The number of nitro groups is 1. The monoisotopic (exact) mass is 440 g/mol. The highest BCUT2D eigenvalue weighted by Gasteiger charge is 2.16. The summed E-state index contributed by atoms with van der Waals surface area (Å²) in [6, 6.07) is 13.1. The second-order valence-electron chi connectivity index (χ2n) is 6.46. The molecule has 0 saturated heterocycles. The molecule has 1 heterocycles. The summed E-state index contributed by atoms with van der Waals surface area (Å²) < 4.78 is 1.92. The van der Waals surface area contributed by atoms with Crippen LogP contribution in [0.3, 0.4) is 0 Å². The molecule has 0 bridgehead atoms. The zero-order valence-corrected chi connectivity index (χ0v) is 17.7. The van der Waals surface area contributed by atoms with Crippen LogP contribution in [0.15, 0.2) is 53.7 Å². The zero-order chi connectivity index (χ0) is 22.4. The molecule has 0 aliphatic carbocycles. The maximum atomic E-state index is 12.1. The van der Waals surface area contributed by atoms with Crippen molar-refractivity contribution in [2.75, 3.05) is 5.75 Å². The second kappa shape index (κ2) is 9.85. The Labute approximate surface area is 182 Å². The third-order valence-electron chi connectivity index (χ3n) is 4.39. The molecule has 11 heteroatoms. The predicted octanol–water partition coefficient (Wildman–Crippen LogP) is 2.73. The number of thioether (sulfide) groups is 1. The van der Waals surface area contributed by atoms with Gasteiger partial charge in [-0.1, -0.05) is 42.1 Å². The van der Waals surface area contributed by atoms with Crippen LogP contribution in [0.5, 0.6) is 0 Å². The van der Waals surface area contributed by atoms with E-state index in [9.17, 15) is 19.7 Å². The molecule has 1 aromatic heterocycles. The summed E-state index contributed by atoms with van der Waals surface area (Å²) in [5.41, 5.74) is 6.45. The lowest BCUT2D eigenvalue weighted by Crippen LogP contribution is -2.42. The molecule has 0 atom stereocenters. The van der Waals surface area contributed by atoms with Crippen LogP contribution in [0.25, 0.3) is 11.4 Å². The molecule has 3 aromatic rings. The van der Waals surface area contributed by atoms with Crippen molar-refractivity contribution in [3.63, 3.8) is 0 Å². The summed E-state index contributed by atoms with van der Waals surface area (Å²) in [7, 11) is 0. The van der Waals surface area contributed by atoms with Gasteiger partial charge in [0.2, 0.25) is 5.91 Å². The minimum atomic E-state index is -0.652. The van der Waals surface area contributed by atoms with Gasteiger partial charge in [0.15, 0.2) is 11.0 Å². The minimum Gasteiger partial charge on any atom is -0.302 e. The van der Waals surface area contributed by atoms with Gasteiger partial charge < -0.3 is 4.57 Å². The average Bonchev–Trinajstić information content (AvgIpc) is 3.19. The number of nitro benzene ring substituents is 1. The van der Waals surface area contributed by atoms with Crippen LogP contribution in [0.2, 0.25) is 0 Å². The Balaban J connectivity index is 1.59. The molecule has 2 amide bonds. The quantitative estimate of drug-likeness (QED) is 0.328. The third-order valence-corrected chi connectivity index (χ3v) is 5.35. The fraction of sp³-hybridized carbons (Fsp3) is 0.200. The van der Waals surface area contributed by atoms with Crippen LogP contribution in [0.1, 0.15) is 22.8 Å². The molecule has 31 heavy (non-hydrogen) atoms. The van der Waals surface area contributed by atoms with Gasteiger partial charge in [-0.15, -0.1) is 10.2 Å². The number of nitrogens with one attached hydrogen (secondary N) is 2. The molecule has 160 valence electrons. The van der Waals surface area contributed by atoms with E-state index in [4.69, 9.17) is 0 Å². The van der Waals surface area contributed by atoms with Gasteiger partial charge in [-0.25, -0.2) is 0 Å². The van der Waals surface area contributed by atoms with Crippen LogP contribution in [-0.2, 0) is 11.3 Å². The summed E-state index contributed by atoms with van der Waals surface area (Å²) in [4.78, 5) is 34.5. The van der Waals surface area contributed by atoms with Crippen LogP contribution >= 0.6 is 11.8 Å². The molecule has 0 radical (unpaired) electrons. The number of amides is 2. The summed E-state index contributed by atoms with van der Waals surface area (Å²) in [5.74, 6) is -0.379. The Morgan fingerprint density at radius 1 is 1.13 bits per heavy atom. The third kappa shape index (κ3) is 5.25. The predicted molar refractivity (Wildman–Crippen MR) is 115 cm³/mol. The number of aromatic nitrogens is 3. The number of nitrogens with zero attached hydrogens (tertiary/aromatic N) is 4. The van der Waals surface area contributed by atoms with Crippen LogP contribution in [-0.4, -0.2) is 37.3 Å². The van der Waals surface area contributed by atoms with E-state index >= 15 is 0 Å². The van der Waals surface area contributed by atoms with Crippen molar-refractivity contribution < 1.29 is 14.5 Å². The number of hydrogen-bond acceptors (Lipinski definition) is 7. The maximum absolute atomic E-state index is 12.1. The molecule has 10 nitrogen and oxygen atoms in total. The van der Waals surface area contributed by atoms with E-state index in [0.29, 0.717) is 11.7 Å². The first kappa shape index (κ1) is 22.0. The molecular weight excluding hydrogens is 420 g/mol. The van der Waals surface area contributed by atoms with Crippen LogP contribution in [0.4, 0.5) is 5.69 Å². The lowest BCUT2D eigenvalue weighted by Gasteiger charge is -2.09. The molecule has 0 aliphatic rings. The fourth-order valence-corrected chi connectivity index (χ4v) is 3.63. The first-order valence-electron chi connectivity index (χ1n) is 9.36. The lowest BCUT2D eigenvalue weighted by molar-refractivity contribution is -0.384. The molecule has 0 aliphatic heterocycles. The van der Waals surface area contributed by atoms with Crippen molar-refractivity contribution in [3.8, 4) is 11.4 Å². The minimum absolute atomic E-state index is 0.00111. The van der Waals surface area contributed by atoms with Crippen molar-refractivity contribution in [1.29, 1.82) is 0 Å². The zero-order valence-electron chi connectivity index (χ0n) is 16.9. The smallest absolute Gasteiger partial charge is 0.270 e. The first-order valence-corrected chi connectivity index (χ1v) is 10.3. The number of rotatable bonds is 7. The van der Waals surface area contributed by atoms with Crippen molar-refractivity contribution in [2.24, 2.45) is 0 Å². The van der Waals surface area contributed by atoms with E-state index in [1.807, 2.05) is 42.7 Å². The van der Waals surface area contributed by atoms with Gasteiger partial charge in [-0.05, 0) is 25.5 Å². The Morgan fingerprint density at radius 3 is 2.61 bits per heavy atom. The normalized spacial score (nSPS) is 10.5. The first-order chi connectivity index (χ1) is 14.9. The molecule has 3 rings (SSSR count). The molecular formula is C20H20N6O4S. The van der Waals surface area contributed by atoms with E-state index in [1.165, 1.54) is 30.0 Å². The lowest BCUT2D eigenvalue weighted by atomic mass is 10.1. The van der Waals surface area contributed by atoms with Gasteiger partial charge in [0.1, 0.15) is 0 Å². The standard InChI is InChI=1S/C20H20N6O4S/c1-3-25-18(16-10-5-4-7-13(16)2)22-24-20(25)31-12-17(27)21-23-19(28)14-8-6-9-15(11-14)26(29)30/h4-11H,3,12H2,1-2H3,(H,21,27)(H,23,28).